The van der Waals surface area contributed by atoms with Crippen molar-refractivity contribution in [3.05, 3.63) is 60.1 Å². The van der Waals surface area contributed by atoms with Crippen LogP contribution in [0.2, 0.25) is 0 Å². The molecule has 1 aliphatic rings. The van der Waals surface area contributed by atoms with E-state index in [9.17, 15) is 13.2 Å². The van der Waals surface area contributed by atoms with Crippen molar-refractivity contribution in [1.82, 2.24) is 10.3 Å². The lowest BCUT2D eigenvalue weighted by molar-refractivity contribution is -0.0110. The zero-order chi connectivity index (χ0) is 22.7. The molecule has 1 amide bonds. The number of amides is 1. The van der Waals surface area contributed by atoms with E-state index >= 15 is 0 Å². The number of ether oxygens (including phenoxy) is 1. The van der Waals surface area contributed by atoms with E-state index in [2.05, 4.69) is 10.3 Å². The topological polar surface area (TPSA) is 98.5 Å². The van der Waals surface area contributed by atoms with Crippen LogP contribution in [0.4, 0.5) is 0 Å². The average molecular weight is 457 g/mol. The normalized spacial score (nSPS) is 19.3. The molecule has 2 unspecified atom stereocenters. The van der Waals surface area contributed by atoms with Gasteiger partial charge in [0.1, 0.15) is 0 Å². The number of carbonyl (C=O) groups is 1. The first-order valence-corrected chi connectivity index (χ1v) is 12.5. The highest BCUT2D eigenvalue weighted by molar-refractivity contribution is 7.92. The molecule has 0 aliphatic heterocycles. The van der Waals surface area contributed by atoms with E-state index in [0.717, 1.165) is 23.8 Å². The smallest absolute Gasteiger partial charge is 0.287 e. The van der Waals surface area contributed by atoms with Crippen molar-refractivity contribution in [2.45, 2.75) is 68.4 Å². The van der Waals surface area contributed by atoms with Crippen molar-refractivity contribution >= 4 is 26.7 Å². The Morgan fingerprint density at radius 1 is 1.22 bits per heavy atom. The molecule has 0 radical (unpaired) electrons. The summed E-state index contributed by atoms with van der Waals surface area (Å²) in [5.74, 6) is -0.126. The van der Waals surface area contributed by atoms with Gasteiger partial charge in [-0.25, -0.2) is 8.42 Å². The number of hydrogen-bond acceptors (Lipinski definition) is 6. The van der Waals surface area contributed by atoms with E-state index in [1.165, 1.54) is 0 Å². The van der Waals surface area contributed by atoms with Crippen molar-refractivity contribution in [2.24, 2.45) is 0 Å². The number of fused-ring (bicyclic) bond motifs is 1. The standard InChI is InChI=1S/C24H28N2O5S/c1-16(2)30-19-4-3-5-21(13-19)32(28,29)20-8-6-17(7-9-20)14-26-24(27)22-12-18-10-11-25-15-23(18)31-22/h6-12,15-16,19,21H,3-5,13-14H2,1-2H3,(H,26,27). The maximum absolute atomic E-state index is 13.1. The molecule has 1 aromatic carbocycles. The summed E-state index contributed by atoms with van der Waals surface area (Å²) in [6.45, 7) is 4.21. The van der Waals surface area contributed by atoms with E-state index in [1.54, 1.807) is 48.8 Å². The van der Waals surface area contributed by atoms with Gasteiger partial charge in [-0.05, 0) is 69.4 Å². The van der Waals surface area contributed by atoms with Gasteiger partial charge in [-0.2, -0.15) is 0 Å². The highest BCUT2D eigenvalue weighted by Gasteiger charge is 2.33. The van der Waals surface area contributed by atoms with Gasteiger partial charge in [-0.15, -0.1) is 0 Å². The number of furan rings is 1. The van der Waals surface area contributed by atoms with Crippen LogP contribution in [0.25, 0.3) is 11.0 Å². The number of aromatic nitrogens is 1. The highest BCUT2D eigenvalue weighted by atomic mass is 32.2. The van der Waals surface area contributed by atoms with Crippen LogP contribution in [-0.2, 0) is 21.1 Å². The number of rotatable bonds is 7. The second-order valence-electron chi connectivity index (χ2n) is 8.49. The van der Waals surface area contributed by atoms with Crippen LogP contribution in [0.5, 0.6) is 0 Å². The lowest BCUT2D eigenvalue weighted by atomic mass is 9.97. The van der Waals surface area contributed by atoms with E-state index < -0.39 is 15.1 Å². The molecule has 0 spiro atoms. The SMILES string of the molecule is CC(C)OC1CCCC(S(=O)(=O)c2ccc(CNC(=O)c3cc4ccncc4o3)cc2)C1. The summed E-state index contributed by atoms with van der Waals surface area (Å²) in [5.41, 5.74) is 1.36. The molecule has 2 heterocycles. The molecule has 8 heteroatoms. The van der Waals surface area contributed by atoms with Crippen LogP contribution in [0, 0.1) is 0 Å². The van der Waals surface area contributed by atoms with Gasteiger partial charge in [-0.1, -0.05) is 12.1 Å². The quantitative estimate of drug-likeness (QED) is 0.570. The zero-order valence-electron chi connectivity index (χ0n) is 18.3. The summed E-state index contributed by atoms with van der Waals surface area (Å²) < 4.78 is 37.6. The minimum Gasteiger partial charge on any atom is -0.449 e. The average Bonchev–Trinajstić information content (AvgIpc) is 3.22. The Morgan fingerprint density at radius 3 is 2.72 bits per heavy atom. The molecule has 0 saturated heterocycles. The molecule has 170 valence electrons. The van der Waals surface area contributed by atoms with Crippen LogP contribution in [0.3, 0.4) is 0 Å². The van der Waals surface area contributed by atoms with Crippen molar-refractivity contribution in [3.8, 4) is 0 Å². The van der Waals surface area contributed by atoms with Crippen molar-refractivity contribution in [3.63, 3.8) is 0 Å². The lowest BCUT2D eigenvalue weighted by Crippen LogP contribution is -2.33. The Balaban J connectivity index is 1.38. The number of carbonyl (C=O) groups excluding carboxylic acids is 1. The number of nitrogens with one attached hydrogen (secondary N) is 1. The molecule has 0 bridgehead atoms. The largest absolute Gasteiger partial charge is 0.449 e. The number of sulfone groups is 1. The van der Waals surface area contributed by atoms with Gasteiger partial charge < -0.3 is 14.5 Å². The third-order valence-electron chi connectivity index (χ3n) is 5.73. The molecule has 1 fully saturated rings. The monoisotopic (exact) mass is 456 g/mol. The maximum atomic E-state index is 13.1. The van der Waals surface area contributed by atoms with E-state index in [0.29, 0.717) is 23.3 Å². The van der Waals surface area contributed by atoms with Crippen molar-refractivity contribution in [2.75, 3.05) is 0 Å². The van der Waals surface area contributed by atoms with Gasteiger partial charge in [0.15, 0.2) is 21.2 Å². The van der Waals surface area contributed by atoms with Crippen LogP contribution < -0.4 is 5.32 Å². The van der Waals surface area contributed by atoms with Gasteiger partial charge in [0.25, 0.3) is 5.91 Å². The van der Waals surface area contributed by atoms with E-state index in [-0.39, 0.29) is 30.4 Å². The predicted octanol–water partition coefficient (Wildman–Crippen LogP) is 4.27. The van der Waals surface area contributed by atoms with Gasteiger partial charge in [0.05, 0.1) is 28.6 Å². The molecule has 1 saturated carbocycles. The summed E-state index contributed by atoms with van der Waals surface area (Å²) in [5, 5.41) is 3.19. The van der Waals surface area contributed by atoms with Crippen molar-refractivity contribution in [1.29, 1.82) is 0 Å². The Morgan fingerprint density at radius 2 is 2.00 bits per heavy atom. The fraction of sp³-hybridized carbons (Fsp3) is 0.417. The van der Waals surface area contributed by atoms with Gasteiger partial charge in [0, 0.05) is 18.1 Å². The first-order valence-electron chi connectivity index (χ1n) is 10.9. The fourth-order valence-electron chi connectivity index (χ4n) is 4.15. The molecule has 2 atom stereocenters. The molecular weight excluding hydrogens is 428 g/mol. The maximum Gasteiger partial charge on any atom is 0.287 e. The molecule has 1 N–H and O–H groups in total. The summed E-state index contributed by atoms with van der Waals surface area (Å²) in [7, 11) is -3.42. The molecular formula is C24H28N2O5S. The Kier molecular flexibility index (Phi) is 6.62. The van der Waals surface area contributed by atoms with E-state index in [1.807, 2.05) is 13.8 Å². The Hall–Kier alpha value is -2.71. The Labute approximate surface area is 188 Å². The first-order chi connectivity index (χ1) is 15.3. The van der Waals surface area contributed by atoms with Crippen molar-refractivity contribution < 1.29 is 22.4 Å². The second-order valence-corrected chi connectivity index (χ2v) is 10.7. The number of benzene rings is 1. The number of nitrogens with zero attached hydrogens (tertiary/aromatic N) is 1. The molecule has 3 aromatic rings. The fourth-order valence-corrected chi connectivity index (χ4v) is 5.99. The summed E-state index contributed by atoms with van der Waals surface area (Å²) in [6.07, 6.45) is 6.23. The third kappa shape index (κ3) is 5.02. The van der Waals surface area contributed by atoms with Crippen LogP contribution in [0.1, 0.15) is 55.6 Å². The van der Waals surface area contributed by atoms with Gasteiger partial charge in [-0.3, -0.25) is 9.78 Å². The molecule has 4 rings (SSSR count). The summed E-state index contributed by atoms with van der Waals surface area (Å²) in [4.78, 5) is 16.7. The van der Waals surface area contributed by atoms with Gasteiger partial charge in [0.2, 0.25) is 0 Å². The molecule has 1 aliphatic carbocycles. The predicted molar refractivity (Wildman–Crippen MR) is 121 cm³/mol. The molecule has 32 heavy (non-hydrogen) atoms. The lowest BCUT2D eigenvalue weighted by Gasteiger charge is -2.30. The summed E-state index contributed by atoms with van der Waals surface area (Å²) in [6, 6.07) is 10.2. The zero-order valence-corrected chi connectivity index (χ0v) is 19.1. The van der Waals surface area contributed by atoms with E-state index in [4.69, 9.17) is 9.15 Å². The Bertz CT molecular complexity index is 1150. The number of pyridine rings is 1. The molecule has 2 aromatic heterocycles. The minimum absolute atomic E-state index is 0.00737. The minimum atomic E-state index is -3.42. The number of hydrogen-bond donors (Lipinski definition) is 1. The van der Waals surface area contributed by atoms with Crippen LogP contribution >= 0.6 is 0 Å². The highest BCUT2D eigenvalue weighted by Crippen LogP contribution is 2.31. The summed E-state index contributed by atoms with van der Waals surface area (Å²) >= 11 is 0. The first kappa shape index (κ1) is 22.5. The second kappa shape index (κ2) is 9.42. The third-order valence-corrected chi connectivity index (χ3v) is 7.97. The molecule has 7 nitrogen and oxygen atoms in total. The van der Waals surface area contributed by atoms with Gasteiger partial charge >= 0.3 is 0 Å². The van der Waals surface area contributed by atoms with Crippen LogP contribution in [0.15, 0.2) is 58.1 Å². The van der Waals surface area contributed by atoms with Crippen LogP contribution in [-0.4, -0.2) is 36.8 Å².